The standard InChI is InChI=1S/C13H13N3OS/c1-16-8-14-7-10(16)11(17)6-13-15-9-4-2-3-5-12(9)18-13/h2-5,7-8,11,17H,6H2,1H3. The van der Waals surface area contributed by atoms with Gasteiger partial charge >= 0.3 is 0 Å². The molecule has 2 aromatic heterocycles. The van der Waals surface area contributed by atoms with Crippen LogP contribution in [0.5, 0.6) is 0 Å². The van der Waals surface area contributed by atoms with Crippen molar-refractivity contribution in [1.29, 1.82) is 0 Å². The van der Waals surface area contributed by atoms with E-state index in [0.29, 0.717) is 6.42 Å². The van der Waals surface area contributed by atoms with Crippen molar-refractivity contribution in [2.75, 3.05) is 0 Å². The molecule has 0 fully saturated rings. The predicted octanol–water partition coefficient (Wildman–Crippen LogP) is 2.31. The van der Waals surface area contributed by atoms with Crippen molar-refractivity contribution >= 4 is 21.6 Å². The van der Waals surface area contributed by atoms with Crippen molar-refractivity contribution in [3.05, 3.63) is 47.5 Å². The molecule has 2 heterocycles. The van der Waals surface area contributed by atoms with Crippen LogP contribution in [0.3, 0.4) is 0 Å². The summed E-state index contributed by atoms with van der Waals surface area (Å²) in [5.41, 5.74) is 1.81. The van der Waals surface area contributed by atoms with Gasteiger partial charge in [-0.05, 0) is 12.1 Å². The molecule has 1 N–H and O–H groups in total. The van der Waals surface area contributed by atoms with E-state index in [0.717, 1.165) is 20.9 Å². The molecular weight excluding hydrogens is 246 g/mol. The zero-order chi connectivity index (χ0) is 12.5. The highest BCUT2D eigenvalue weighted by Crippen LogP contribution is 2.25. The number of benzene rings is 1. The molecule has 3 rings (SSSR count). The second-order valence-electron chi connectivity index (χ2n) is 4.22. The predicted molar refractivity (Wildman–Crippen MR) is 71.5 cm³/mol. The Bertz CT molecular complexity index is 640. The van der Waals surface area contributed by atoms with Gasteiger partial charge in [0, 0.05) is 13.5 Å². The van der Waals surface area contributed by atoms with E-state index in [1.54, 1.807) is 23.9 Å². The van der Waals surface area contributed by atoms with E-state index >= 15 is 0 Å². The van der Waals surface area contributed by atoms with Crippen LogP contribution in [0, 0.1) is 0 Å². The number of aromatic nitrogens is 3. The Labute approximate surface area is 109 Å². The number of nitrogens with zero attached hydrogens (tertiary/aromatic N) is 3. The van der Waals surface area contributed by atoms with Crippen LogP contribution in [-0.2, 0) is 13.5 Å². The minimum absolute atomic E-state index is 0.527. The second-order valence-corrected chi connectivity index (χ2v) is 5.34. The molecule has 0 spiro atoms. The molecular formula is C13H13N3OS. The fourth-order valence-corrected chi connectivity index (χ4v) is 2.97. The Morgan fingerprint density at radius 3 is 2.94 bits per heavy atom. The van der Waals surface area contributed by atoms with Gasteiger partial charge in [0.1, 0.15) is 6.10 Å². The van der Waals surface area contributed by atoms with E-state index in [9.17, 15) is 5.11 Å². The molecule has 1 atom stereocenters. The SMILES string of the molecule is Cn1cncc1C(O)Cc1nc2ccccc2s1. The van der Waals surface area contributed by atoms with E-state index in [2.05, 4.69) is 9.97 Å². The summed E-state index contributed by atoms with van der Waals surface area (Å²) in [6.45, 7) is 0. The summed E-state index contributed by atoms with van der Waals surface area (Å²) in [4.78, 5) is 8.53. The zero-order valence-electron chi connectivity index (χ0n) is 9.95. The van der Waals surface area contributed by atoms with Crippen molar-refractivity contribution in [2.45, 2.75) is 12.5 Å². The van der Waals surface area contributed by atoms with E-state index in [1.807, 2.05) is 35.9 Å². The van der Waals surface area contributed by atoms with E-state index in [1.165, 1.54) is 0 Å². The van der Waals surface area contributed by atoms with Crippen LogP contribution < -0.4 is 0 Å². The Kier molecular flexibility index (Phi) is 2.85. The molecule has 0 amide bonds. The molecule has 1 unspecified atom stereocenters. The van der Waals surface area contributed by atoms with Gasteiger partial charge in [-0.3, -0.25) is 0 Å². The summed E-state index contributed by atoms with van der Waals surface area (Å²) < 4.78 is 2.99. The van der Waals surface area contributed by atoms with Gasteiger partial charge in [0.05, 0.1) is 33.4 Å². The number of hydrogen-bond donors (Lipinski definition) is 1. The summed E-state index contributed by atoms with van der Waals surface area (Å²) in [5, 5.41) is 11.1. The van der Waals surface area contributed by atoms with Crippen LogP contribution >= 0.6 is 11.3 Å². The lowest BCUT2D eigenvalue weighted by atomic mass is 10.2. The van der Waals surface area contributed by atoms with Gasteiger partial charge in [0.25, 0.3) is 0 Å². The molecule has 0 radical (unpaired) electrons. The second kappa shape index (κ2) is 4.51. The Hall–Kier alpha value is -1.72. The monoisotopic (exact) mass is 259 g/mol. The first kappa shape index (κ1) is 11.4. The summed E-state index contributed by atoms with van der Waals surface area (Å²) >= 11 is 1.63. The number of thiazole rings is 1. The Morgan fingerprint density at radius 2 is 2.22 bits per heavy atom. The van der Waals surface area contributed by atoms with E-state index in [-0.39, 0.29) is 0 Å². The summed E-state index contributed by atoms with van der Waals surface area (Å²) in [6, 6.07) is 8.02. The van der Waals surface area contributed by atoms with Crippen LogP contribution in [0.15, 0.2) is 36.8 Å². The third-order valence-electron chi connectivity index (χ3n) is 2.90. The van der Waals surface area contributed by atoms with Gasteiger partial charge in [0.2, 0.25) is 0 Å². The van der Waals surface area contributed by atoms with Gasteiger partial charge in [-0.15, -0.1) is 11.3 Å². The molecule has 4 nitrogen and oxygen atoms in total. The molecule has 0 aliphatic rings. The highest BCUT2D eigenvalue weighted by Gasteiger charge is 2.14. The molecule has 1 aromatic carbocycles. The quantitative estimate of drug-likeness (QED) is 0.785. The van der Waals surface area contributed by atoms with Crippen LogP contribution in [0.2, 0.25) is 0 Å². The number of rotatable bonds is 3. The van der Waals surface area contributed by atoms with Gasteiger partial charge < -0.3 is 9.67 Å². The summed E-state index contributed by atoms with van der Waals surface area (Å²) in [7, 11) is 1.88. The maximum atomic E-state index is 10.2. The zero-order valence-corrected chi connectivity index (χ0v) is 10.8. The number of imidazole rings is 1. The molecule has 0 saturated heterocycles. The molecule has 3 aromatic rings. The van der Waals surface area contributed by atoms with E-state index < -0.39 is 6.10 Å². The normalized spacial score (nSPS) is 13.0. The minimum atomic E-state index is -0.557. The van der Waals surface area contributed by atoms with E-state index in [4.69, 9.17) is 0 Å². The Morgan fingerprint density at radius 1 is 1.39 bits per heavy atom. The van der Waals surface area contributed by atoms with Gasteiger partial charge in [-0.2, -0.15) is 0 Å². The molecule has 0 bridgehead atoms. The first-order valence-corrected chi connectivity index (χ1v) is 6.54. The first-order chi connectivity index (χ1) is 8.74. The third kappa shape index (κ3) is 2.02. The minimum Gasteiger partial charge on any atom is -0.386 e. The lowest BCUT2D eigenvalue weighted by molar-refractivity contribution is 0.170. The molecule has 92 valence electrons. The van der Waals surface area contributed by atoms with Crippen molar-refractivity contribution in [1.82, 2.24) is 14.5 Å². The van der Waals surface area contributed by atoms with Crippen LogP contribution in [0.1, 0.15) is 16.8 Å². The number of aryl methyl sites for hydroxylation is 1. The van der Waals surface area contributed by atoms with Crippen molar-refractivity contribution in [3.8, 4) is 0 Å². The smallest absolute Gasteiger partial charge is 0.102 e. The Balaban J connectivity index is 1.86. The molecule has 0 aliphatic carbocycles. The molecule has 0 aliphatic heterocycles. The number of aliphatic hydroxyl groups is 1. The van der Waals surface area contributed by atoms with Crippen LogP contribution in [0.4, 0.5) is 0 Å². The molecule has 18 heavy (non-hydrogen) atoms. The van der Waals surface area contributed by atoms with Gasteiger partial charge in [-0.25, -0.2) is 9.97 Å². The fourth-order valence-electron chi connectivity index (χ4n) is 1.97. The number of aliphatic hydroxyl groups excluding tert-OH is 1. The van der Waals surface area contributed by atoms with Crippen molar-refractivity contribution in [2.24, 2.45) is 7.05 Å². The van der Waals surface area contributed by atoms with Crippen LogP contribution in [-0.4, -0.2) is 19.6 Å². The number of para-hydroxylation sites is 1. The topological polar surface area (TPSA) is 50.9 Å². The van der Waals surface area contributed by atoms with Crippen molar-refractivity contribution < 1.29 is 5.11 Å². The number of fused-ring (bicyclic) bond motifs is 1. The van der Waals surface area contributed by atoms with Gasteiger partial charge in [-0.1, -0.05) is 12.1 Å². The summed E-state index contributed by atoms with van der Waals surface area (Å²) in [6.07, 6.45) is 3.35. The molecule has 0 saturated carbocycles. The van der Waals surface area contributed by atoms with Gasteiger partial charge in [0.15, 0.2) is 0 Å². The lowest BCUT2D eigenvalue weighted by Crippen LogP contribution is -2.06. The molecule has 5 heteroatoms. The maximum absolute atomic E-state index is 10.2. The fraction of sp³-hybridized carbons (Fsp3) is 0.231. The number of hydrogen-bond acceptors (Lipinski definition) is 4. The maximum Gasteiger partial charge on any atom is 0.102 e. The average molecular weight is 259 g/mol. The first-order valence-electron chi connectivity index (χ1n) is 5.73. The third-order valence-corrected chi connectivity index (χ3v) is 3.96. The largest absolute Gasteiger partial charge is 0.386 e. The average Bonchev–Trinajstić information content (AvgIpc) is 2.94. The van der Waals surface area contributed by atoms with Crippen molar-refractivity contribution in [3.63, 3.8) is 0 Å². The lowest BCUT2D eigenvalue weighted by Gasteiger charge is -2.08. The highest BCUT2D eigenvalue weighted by atomic mass is 32.1. The summed E-state index contributed by atoms with van der Waals surface area (Å²) in [5.74, 6) is 0. The van der Waals surface area contributed by atoms with Crippen LogP contribution in [0.25, 0.3) is 10.2 Å². The highest BCUT2D eigenvalue weighted by molar-refractivity contribution is 7.18.